The maximum absolute atomic E-state index is 12.8. The molecule has 0 radical (unpaired) electrons. The summed E-state index contributed by atoms with van der Waals surface area (Å²) < 4.78 is 36.8. The molecule has 0 aliphatic carbocycles. The summed E-state index contributed by atoms with van der Waals surface area (Å²) in [4.78, 5) is 136. The number of amides is 5. The van der Waals surface area contributed by atoms with Crippen molar-refractivity contribution in [1.82, 2.24) is 0 Å². The largest absolute Gasteiger partial charge is 1.00 e. The minimum absolute atomic E-state index is 0. The van der Waals surface area contributed by atoms with E-state index < -0.39 is 18.1 Å². The quantitative estimate of drug-likeness (QED) is 0.00545. The number of aromatic hydroxyl groups is 1. The van der Waals surface area contributed by atoms with E-state index in [2.05, 4.69) is 274 Å². The Hall–Kier alpha value is -5.62. The average Bonchev–Trinajstić information content (AvgIpc) is 0.762. The molecule has 0 saturated carbocycles. The number of phenolic OH excluding ortho intramolecular Hbond substituents is 1. The van der Waals surface area contributed by atoms with Crippen LogP contribution in [0.4, 0.5) is 28.4 Å². The molecule has 26 nitrogen and oxygen atoms in total. The van der Waals surface area contributed by atoms with Crippen molar-refractivity contribution in [2.75, 3.05) is 69.4 Å². The fourth-order valence-electron chi connectivity index (χ4n) is 15.5. The Morgan fingerprint density at radius 1 is 0.463 bits per heavy atom. The number of hydrogen-bond donors (Lipinski definition) is 3. The Morgan fingerprint density at radius 3 is 1.02 bits per heavy atom. The number of methoxy groups -OCH3 is 2. The smallest absolute Gasteiger partial charge is 1.00 e. The fraction of sp³-hybridized carbons (Fsp3) is 0.420. The van der Waals surface area contributed by atoms with Crippen molar-refractivity contribution in [3.8, 4) is 52.8 Å². The number of rotatable bonds is 20. The van der Waals surface area contributed by atoms with Gasteiger partial charge in [0, 0.05) is 92.9 Å². The first-order chi connectivity index (χ1) is 68.5. The molecule has 3 unspecified atom stereocenters. The van der Waals surface area contributed by atoms with E-state index in [0.717, 1.165) is 84.2 Å². The van der Waals surface area contributed by atoms with Crippen LogP contribution in [0.2, 0.25) is 19.6 Å². The number of ether oxygens (including phenoxy) is 6. The van der Waals surface area contributed by atoms with E-state index in [-0.39, 0.29) is 295 Å². The summed E-state index contributed by atoms with van der Waals surface area (Å²) in [6, 6.07) is 51.0. The second-order valence-electron chi connectivity index (χ2n) is 40.7. The Kier molecular flexibility index (Phi) is 58.8. The van der Waals surface area contributed by atoms with E-state index in [0.29, 0.717) is 53.7 Å². The zero-order valence-corrected chi connectivity index (χ0v) is 116. The number of carbonyl (C=O) groups excluding carboxylic acids is 10. The van der Waals surface area contributed by atoms with Crippen LogP contribution in [0.15, 0.2) is 186 Å². The molecule has 5 aliphatic rings. The third kappa shape index (κ3) is 44.8. The van der Waals surface area contributed by atoms with E-state index in [1.807, 2.05) is 146 Å². The molecule has 3 atom stereocenters. The van der Waals surface area contributed by atoms with Crippen LogP contribution in [0.3, 0.4) is 0 Å². The Morgan fingerprint density at radius 2 is 0.738 bits per heavy atom. The second-order valence-corrected chi connectivity index (χ2v) is 57.7. The first kappa shape index (κ1) is 138. The summed E-state index contributed by atoms with van der Waals surface area (Å²) in [5, 5.41) is 29.6. The van der Waals surface area contributed by atoms with Crippen molar-refractivity contribution in [2.45, 2.75) is 247 Å². The van der Waals surface area contributed by atoms with Gasteiger partial charge in [0.15, 0.2) is 20.2 Å². The summed E-state index contributed by atoms with van der Waals surface area (Å²) in [6.07, 6.45) is 2.70. The van der Waals surface area contributed by atoms with Gasteiger partial charge in [0.05, 0.1) is 84.6 Å². The third-order valence-electron chi connectivity index (χ3n) is 23.1. The first-order valence-corrected chi connectivity index (χ1v) is 59.1. The number of anilines is 5. The van der Waals surface area contributed by atoms with Gasteiger partial charge in [-0.1, -0.05) is 239 Å². The van der Waals surface area contributed by atoms with Gasteiger partial charge in [-0.25, -0.2) is 0 Å². The van der Waals surface area contributed by atoms with Gasteiger partial charge in [0.25, 0.3) is 6.47 Å². The third-order valence-corrected chi connectivity index (χ3v) is 26.4. The van der Waals surface area contributed by atoms with Crippen LogP contribution in [0.5, 0.6) is 17.2 Å². The summed E-state index contributed by atoms with van der Waals surface area (Å²) in [6.45, 7) is 42.8. The molecule has 0 spiro atoms. The molecule has 0 aromatic heterocycles. The van der Waals surface area contributed by atoms with Crippen molar-refractivity contribution in [3.63, 3.8) is 0 Å². The number of carboxylic acid groups (broad SMARTS) is 1. The number of nitrogens with one attached hydrogen (secondary N) is 1. The van der Waals surface area contributed by atoms with Gasteiger partial charge in [-0.3, -0.25) is 67.4 Å². The molecule has 5 amide bonds. The van der Waals surface area contributed by atoms with Gasteiger partial charge in [-0.05, 0) is 257 Å². The molecule has 794 valence electrons. The molecular weight excluding hydrogens is 2730 g/mol. The van der Waals surface area contributed by atoms with Gasteiger partial charge in [-0.15, -0.1) is 33.1 Å². The zero-order chi connectivity index (χ0) is 111. The van der Waals surface area contributed by atoms with Gasteiger partial charge < -0.3 is 60.4 Å². The Bertz CT molecular complexity index is 6160. The number of carboxylic acids is 1. The van der Waals surface area contributed by atoms with Gasteiger partial charge in [0.2, 0.25) is 29.5 Å². The topological polar surface area (TPSA) is 341 Å². The van der Waals surface area contributed by atoms with Gasteiger partial charge >= 0.3 is 168 Å². The summed E-state index contributed by atoms with van der Waals surface area (Å²) in [5.74, 6) is 16.4. The van der Waals surface area contributed by atoms with E-state index in [4.69, 9.17) is 43.9 Å². The maximum atomic E-state index is 12.8. The minimum Gasteiger partial charge on any atom is -1.00 e. The molecule has 5 aliphatic heterocycles. The Labute approximate surface area is 1070 Å². The number of alkyl halides is 2. The van der Waals surface area contributed by atoms with Gasteiger partial charge in [-0.2, -0.15) is 0 Å². The molecule has 0 bridgehead atoms. The number of aliphatic carboxylic acids is 1. The van der Waals surface area contributed by atoms with E-state index in [1.54, 1.807) is 97.5 Å². The molecular formula is C112H133Br7Cs2IN5O21Si. The predicted molar refractivity (Wildman–Crippen MR) is 613 cm³/mol. The number of benzene rings is 8. The van der Waals surface area contributed by atoms with Crippen LogP contribution < -0.4 is 177 Å². The molecule has 149 heavy (non-hydrogen) atoms. The second kappa shape index (κ2) is 63.7. The van der Waals surface area contributed by atoms with Crippen LogP contribution in [-0.2, 0) is 104 Å². The van der Waals surface area contributed by atoms with Crippen LogP contribution in [0.25, 0.3) is 0 Å². The fourth-order valence-corrected chi connectivity index (χ4v) is 18.2. The summed E-state index contributed by atoms with van der Waals surface area (Å²) in [7, 11) is 2.73. The minimum atomic E-state index is -0.889. The molecule has 0 saturated heterocycles. The van der Waals surface area contributed by atoms with Crippen LogP contribution in [0, 0.1) is 46.4 Å². The monoisotopic (exact) mass is 2860 g/mol. The molecule has 3 N–H and O–H groups in total. The van der Waals surface area contributed by atoms with Crippen molar-refractivity contribution >= 4 is 234 Å². The molecule has 8 aromatic carbocycles. The summed E-state index contributed by atoms with van der Waals surface area (Å²) in [5.41, 5.74) is 11.6. The molecule has 13 rings (SSSR count). The number of carbonyl (C=O) groups is 11. The van der Waals surface area contributed by atoms with E-state index >= 15 is 0 Å². The van der Waals surface area contributed by atoms with Crippen molar-refractivity contribution < 1.29 is 241 Å². The maximum Gasteiger partial charge on any atom is 1.00 e. The summed E-state index contributed by atoms with van der Waals surface area (Å²) >= 11 is 26.3. The van der Waals surface area contributed by atoms with E-state index in [1.165, 1.54) is 25.3 Å². The van der Waals surface area contributed by atoms with Gasteiger partial charge in [0.1, 0.15) is 28.6 Å². The number of phenols is 1. The number of halogens is 8. The Balaban J connectivity index is 0.000000597. The molecule has 8 aromatic rings. The normalized spacial score (nSPS) is 15.0. The number of hydrogen-bond acceptors (Lipinski definition) is 20. The number of esters is 4. The molecule has 5 heterocycles. The van der Waals surface area contributed by atoms with Crippen molar-refractivity contribution in [3.05, 3.63) is 231 Å². The van der Waals surface area contributed by atoms with E-state index in [9.17, 15) is 47.9 Å². The van der Waals surface area contributed by atoms with Crippen molar-refractivity contribution in [2.24, 2.45) is 10.8 Å². The number of nitrogens with zero attached hydrogens (tertiary/aromatic N) is 4. The molecule has 0 fully saturated rings. The van der Waals surface area contributed by atoms with Crippen LogP contribution >= 0.6 is 133 Å². The van der Waals surface area contributed by atoms with Crippen molar-refractivity contribution in [1.29, 1.82) is 0 Å². The first-order valence-electron chi connectivity index (χ1n) is 46.8. The number of fused-ring (bicyclic) bond motifs is 5. The molecule has 37 heteroatoms. The zero-order valence-electron chi connectivity index (χ0n) is 90.6. The SMILES string of the molecule is CC#CC(CC(=O)O)c1ccc(OCN2C(=O)CC(C)(C)c3cc(Br)ccc32)cc1.CC#CC(CC(=O)OC)c1ccc(O)cc1.CC#CC(CC(=O)OC)c1ccc(OCN2C(=O)CC(C)(C)c3cc(Br)ccc32)cc1.CC(C)(C)C(=O)OCI.CC(C)(C)C(=O)OCN1C(=O)CC(C)(C)c2cc(Br)ccc21.CC1(C)CC(=O)N(CBr)c2ccc(Br)cc21.CC1(C)CC(=O)Nc2ccc(Br)cc21.C[Si](C)(C)Br.O=CO[O-].[Cs+].[Cs+].[H-]. The van der Waals surface area contributed by atoms with Crippen LogP contribution in [0.1, 0.15) is 247 Å². The average molecular weight is 2870 g/mol. The van der Waals surface area contributed by atoms with Crippen LogP contribution in [-0.4, -0.2) is 127 Å². The predicted octanol–water partition coefficient (Wildman–Crippen LogP) is 19.9. The standard InChI is InChI=1S/C25H26BrNO4.C24H24BrNO4.C17H22BrNO3.C13H14O3.C12H13Br2NO.C11H12BrNO.C6H11IO2.C3H9BrSi.CH2O3.2Cs.H/c1-5-6-18(13-24(29)30-4)17-7-10-20(11-8-17)31-16-27-22-12-9-19(26)14-21(22)25(2,3)15-23(27)28;1-4-5-17(12-23(28)29)16-6-9-19(10-7-16)30-15-26-21-11-8-18(25)13-20(21)24(2,3)14-22(26)27;1-16(2,3)15(21)22-10-19-13-7-6-11(18)8-12(13)17(4,5)9-14(19)20;1-3-4-11(9-13(15)16-2)10-5-7-12(14)8-6-10;1-12(2)6-11(16)15(7-13)10-4-3-8(14)5-9(10)12;1-11(2)6-10(14)13-9-4-3-7(12)5-8(9)11;1-6(2,3)5(8)9-4-7;1-5(2,3)4;2-1-4-3;;;/h7-12,14,18H,13,15-16H2,1-4H3;6-11,13,17H,12,14-15H2,1-3H3,(H,28,29);6-8H,9-10H2,1-5H3;5-8,11,14H,9H2,1-2H3;3-5H,6-7H2,1-2H3;3-5H,6H2,1-2H3,(H,13,14);4H2,1-3H3;1-3H3;1,3H;;;/q;;;;;;;;;2*+1;-1/p-1.